The number of oxime groups is 1. The van der Waals surface area contributed by atoms with Crippen molar-refractivity contribution < 1.29 is 14.7 Å². The Labute approximate surface area is 124 Å². The smallest absolute Gasteiger partial charge is 0.180 e. The van der Waals surface area contributed by atoms with Gasteiger partial charge < -0.3 is 20.4 Å². The normalized spacial score (nSPS) is 12.2. The Morgan fingerprint density at radius 3 is 2.75 bits per heavy atom. The van der Waals surface area contributed by atoms with Crippen LogP contribution in [-0.4, -0.2) is 25.3 Å². The summed E-state index contributed by atoms with van der Waals surface area (Å²) in [5, 5.41) is 12.7. The number of methoxy groups -OCH3 is 2. The van der Waals surface area contributed by atoms with Crippen LogP contribution in [0.1, 0.15) is 4.88 Å². The lowest BCUT2D eigenvalue weighted by molar-refractivity contribution is 0.319. The molecule has 0 bridgehead atoms. The molecule has 5 nitrogen and oxygen atoms in total. The van der Waals surface area contributed by atoms with E-state index in [-0.39, 0.29) is 5.84 Å². The second-order valence-corrected chi connectivity index (χ2v) is 5.34. The minimum Gasteiger partial charge on any atom is -0.493 e. The fourth-order valence-electron chi connectivity index (χ4n) is 1.74. The lowest BCUT2D eigenvalue weighted by atomic mass is 10.2. The van der Waals surface area contributed by atoms with Crippen LogP contribution < -0.4 is 15.2 Å². The van der Waals surface area contributed by atoms with Crippen LogP contribution in [0.4, 0.5) is 0 Å². The lowest BCUT2D eigenvalue weighted by Crippen LogP contribution is -2.06. The highest BCUT2D eigenvalue weighted by atomic mass is 35.5. The van der Waals surface area contributed by atoms with Crippen molar-refractivity contribution >= 4 is 44.9 Å². The first-order valence-electron chi connectivity index (χ1n) is 5.60. The van der Waals surface area contributed by atoms with Gasteiger partial charge in [-0.05, 0) is 18.2 Å². The van der Waals surface area contributed by atoms with Crippen molar-refractivity contribution in [2.45, 2.75) is 0 Å². The highest BCUT2D eigenvalue weighted by molar-refractivity contribution is 7.20. The Bertz CT molecular complexity index is 694. The molecule has 0 aliphatic heterocycles. The van der Waals surface area contributed by atoms with E-state index in [0.717, 1.165) is 15.0 Å². The number of nitrogens with two attached hydrogens (primary N) is 1. The number of amidine groups is 1. The molecular formula is C13H13ClN2O3S. The van der Waals surface area contributed by atoms with Crippen molar-refractivity contribution in [3.8, 4) is 11.5 Å². The molecule has 106 valence electrons. The molecule has 0 atom stereocenters. The number of hydrogen-bond acceptors (Lipinski definition) is 5. The molecule has 1 aromatic heterocycles. The zero-order valence-corrected chi connectivity index (χ0v) is 12.5. The van der Waals surface area contributed by atoms with E-state index in [4.69, 9.17) is 32.0 Å². The fraction of sp³-hybridized carbons (Fsp3) is 0.154. The zero-order chi connectivity index (χ0) is 14.7. The molecule has 0 spiro atoms. The van der Waals surface area contributed by atoms with E-state index in [1.165, 1.54) is 17.4 Å². The minimum absolute atomic E-state index is 0.0312. The lowest BCUT2D eigenvalue weighted by Gasteiger charge is -2.09. The molecule has 0 aliphatic carbocycles. The molecule has 0 amide bonds. The summed E-state index contributed by atoms with van der Waals surface area (Å²) in [6.07, 6.45) is 3.25. The molecule has 3 N–H and O–H groups in total. The standard InChI is InChI=1S/C13H13ClN2O3S/c1-18-9-6-10-8(12(14)13(9)19-2)5-7(20-10)3-4-11(15)16-17/h3-6,17H,1-2H3,(H2,15,16). The van der Waals surface area contributed by atoms with Gasteiger partial charge in [0.25, 0.3) is 0 Å². The topological polar surface area (TPSA) is 77.1 Å². The zero-order valence-electron chi connectivity index (χ0n) is 10.9. The highest BCUT2D eigenvalue weighted by Crippen LogP contribution is 2.44. The largest absolute Gasteiger partial charge is 0.493 e. The third-order valence-electron chi connectivity index (χ3n) is 2.66. The minimum atomic E-state index is 0.0312. The molecule has 0 fully saturated rings. The van der Waals surface area contributed by atoms with Gasteiger partial charge in [-0.15, -0.1) is 11.3 Å². The van der Waals surface area contributed by atoms with Crippen LogP contribution in [0.5, 0.6) is 11.5 Å². The van der Waals surface area contributed by atoms with Crippen LogP contribution in [-0.2, 0) is 0 Å². The van der Waals surface area contributed by atoms with E-state index in [0.29, 0.717) is 16.5 Å². The van der Waals surface area contributed by atoms with E-state index >= 15 is 0 Å². The molecule has 7 heteroatoms. The van der Waals surface area contributed by atoms with Crippen molar-refractivity contribution in [1.29, 1.82) is 0 Å². The van der Waals surface area contributed by atoms with Crippen molar-refractivity contribution in [2.24, 2.45) is 10.9 Å². The predicted molar refractivity (Wildman–Crippen MR) is 82.4 cm³/mol. The van der Waals surface area contributed by atoms with Crippen LogP contribution in [0, 0.1) is 0 Å². The number of halogens is 1. The summed E-state index contributed by atoms with van der Waals surface area (Å²) in [7, 11) is 3.11. The van der Waals surface area contributed by atoms with Crippen LogP contribution in [0.25, 0.3) is 16.2 Å². The average Bonchev–Trinajstić information content (AvgIpc) is 2.87. The Morgan fingerprint density at radius 2 is 2.15 bits per heavy atom. The molecule has 2 rings (SSSR count). The van der Waals surface area contributed by atoms with Crippen LogP contribution in [0.3, 0.4) is 0 Å². The van der Waals surface area contributed by atoms with Crippen LogP contribution >= 0.6 is 22.9 Å². The first-order chi connectivity index (χ1) is 9.60. The van der Waals surface area contributed by atoms with Gasteiger partial charge in [-0.3, -0.25) is 0 Å². The summed E-state index contributed by atoms with van der Waals surface area (Å²) in [4.78, 5) is 0.920. The highest BCUT2D eigenvalue weighted by Gasteiger charge is 2.15. The van der Waals surface area contributed by atoms with Gasteiger partial charge in [0, 0.05) is 21.0 Å². The van der Waals surface area contributed by atoms with Gasteiger partial charge in [-0.2, -0.15) is 0 Å². The van der Waals surface area contributed by atoms with Gasteiger partial charge in [0.05, 0.1) is 19.2 Å². The summed E-state index contributed by atoms with van der Waals surface area (Å²) in [5.41, 5.74) is 5.39. The SMILES string of the molecule is COc1cc2sc(C=C/C(N)=N/O)cc2c(Cl)c1OC. The first kappa shape index (κ1) is 14.5. The quantitative estimate of drug-likeness (QED) is 0.393. The molecule has 2 aromatic rings. The third kappa shape index (κ3) is 2.66. The Morgan fingerprint density at radius 1 is 1.40 bits per heavy atom. The number of nitrogens with zero attached hydrogens (tertiary/aromatic N) is 1. The first-order valence-corrected chi connectivity index (χ1v) is 6.79. The molecule has 0 aliphatic rings. The Balaban J connectivity index is 2.54. The molecule has 0 radical (unpaired) electrons. The monoisotopic (exact) mass is 312 g/mol. The van der Waals surface area contributed by atoms with Crippen molar-refractivity contribution in [1.82, 2.24) is 0 Å². The molecular weight excluding hydrogens is 300 g/mol. The maximum Gasteiger partial charge on any atom is 0.180 e. The number of rotatable bonds is 4. The van der Waals surface area contributed by atoms with E-state index in [1.54, 1.807) is 20.3 Å². The number of benzene rings is 1. The number of ether oxygens (including phenoxy) is 2. The number of hydrogen-bond donors (Lipinski definition) is 2. The summed E-state index contributed by atoms with van der Waals surface area (Å²) < 4.78 is 11.5. The molecule has 0 unspecified atom stereocenters. The van der Waals surface area contributed by atoms with Crippen molar-refractivity contribution in [2.75, 3.05) is 14.2 Å². The fourth-order valence-corrected chi connectivity index (χ4v) is 3.13. The Kier molecular flexibility index (Phi) is 4.36. The van der Waals surface area contributed by atoms with Gasteiger partial charge in [0.15, 0.2) is 17.3 Å². The number of fused-ring (bicyclic) bond motifs is 1. The third-order valence-corrected chi connectivity index (χ3v) is 4.08. The van der Waals surface area contributed by atoms with Crippen molar-refractivity contribution in [3.63, 3.8) is 0 Å². The van der Waals surface area contributed by atoms with Crippen LogP contribution in [0.2, 0.25) is 5.02 Å². The van der Waals surface area contributed by atoms with Crippen molar-refractivity contribution in [3.05, 3.63) is 28.1 Å². The van der Waals surface area contributed by atoms with E-state index < -0.39 is 0 Å². The molecule has 1 aromatic carbocycles. The second-order valence-electron chi connectivity index (χ2n) is 3.84. The summed E-state index contributed by atoms with van der Waals surface area (Å²) >= 11 is 7.83. The van der Waals surface area contributed by atoms with E-state index in [1.807, 2.05) is 12.1 Å². The van der Waals surface area contributed by atoms with Crippen LogP contribution in [0.15, 0.2) is 23.4 Å². The van der Waals surface area contributed by atoms with Gasteiger partial charge in [-0.25, -0.2) is 0 Å². The second kappa shape index (κ2) is 6.02. The summed E-state index contributed by atoms with van der Waals surface area (Å²) in [6, 6.07) is 3.77. The molecule has 0 saturated carbocycles. The summed E-state index contributed by atoms with van der Waals surface area (Å²) in [5.74, 6) is 1.12. The maximum atomic E-state index is 8.49. The average molecular weight is 313 g/mol. The van der Waals surface area contributed by atoms with E-state index in [2.05, 4.69) is 5.16 Å². The van der Waals surface area contributed by atoms with Gasteiger partial charge in [0.1, 0.15) is 0 Å². The van der Waals surface area contributed by atoms with Gasteiger partial charge in [0.2, 0.25) is 0 Å². The predicted octanol–water partition coefficient (Wildman–Crippen LogP) is 3.33. The summed E-state index contributed by atoms with van der Waals surface area (Å²) in [6.45, 7) is 0. The maximum absolute atomic E-state index is 8.49. The van der Waals surface area contributed by atoms with E-state index in [9.17, 15) is 0 Å². The molecule has 1 heterocycles. The van der Waals surface area contributed by atoms with Gasteiger partial charge >= 0.3 is 0 Å². The molecule has 0 saturated heterocycles. The van der Waals surface area contributed by atoms with Gasteiger partial charge in [-0.1, -0.05) is 16.8 Å². The number of thiophene rings is 1. The molecule has 20 heavy (non-hydrogen) atoms. The Hall–Kier alpha value is -1.92.